The van der Waals surface area contributed by atoms with Gasteiger partial charge < -0.3 is 25.1 Å². The smallest absolute Gasteiger partial charge is 0.408 e. The molecular weight excluding hydrogens is 226 g/mol. The Morgan fingerprint density at radius 3 is 2.18 bits per heavy atom. The van der Waals surface area contributed by atoms with Gasteiger partial charge in [-0.2, -0.15) is 0 Å². The molecule has 6 nitrogen and oxygen atoms in total. The molecule has 0 saturated carbocycles. The van der Waals surface area contributed by atoms with Crippen LogP contribution in [0.4, 0.5) is 4.79 Å². The van der Waals surface area contributed by atoms with Crippen LogP contribution in [-0.2, 0) is 9.53 Å². The standard InChI is InChI=1S/C11H21NO5/c1-10(2,3)17-9(16)12-11(7-14,8-15)5-4-6-13/h6,14-15H,4-5,7-8H2,1-3H3,(H,12,16). The highest BCUT2D eigenvalue weighted by Gasteiger charge is 2.32. The van der Waals surface area contributed by atoms with E-state index in [1.54, 1.807) is 20.8 Å². The van der Waals surface area contributed by atoms with Crippen LogP contribution < -0.4 is 5.32 Å². The fourth-order valence-corrected chi connectivity index (χ4v) is 1.21. The lowest BCUT2D eigenvalue weighted by Gasteiger charge is -2.31. The molecule has 0 aromatic rings. The van der Waals surface area contributed by atoms with E-state index in [2.05, 4.69) is 5.32 Å². The zero-order valence-corrected chi connectivity index (χ0v) is 10.5. The van der Waals surface area contributed by atoms with Gasteiger partial charge in [0.15, 0.2) is 0 Å². The molecule has 0 aliphatic carbocycles. The van der Waals surface area contributed by atoms with Gasteiger partial charge in [-0.15, -0.1) is 0 Å². The maximum Gasteiger partial charge on any atom is 0.408 e. The molecule has 0 rings (SSSR count). The second-order valence-electron chi connectivity index (χ2n) is 4.93. The van der Waals surface area contributed by atoms with E-state index >= 15 is 0 Å². The highest BCUT2D eigenvalue weighted by atomic mass is 16.6. The molecule has 0 heterocycles. The Labute approximate surface area is 101 Å². The molecule has 6 heteroatoms. The summed E-state index contributed by atoms with van der Waals surface area (Å²) in [5, 5.41) is 20.8. The Morgan fingerprint density at radius 1 is 1.29 bits per heavy atom. The lowest BCUT2D eigenvalue weighted by atomic mass is 9.96. The molecule has 0 fully saturated rings. The summed E-state index contributed by atoms with van der Waals surface area (Å²) in [7, 11) is 0. The van der Waals surface area contributed by atoms with Crippen LogP contribution in [0.15, 0.2) is 0 Å². The van der Waals surface area contributed by atoms with Crippen molar-refractivity contribution >= 4 is 12.4 Å². The molecule has 17 heavy (non-hydrogen) atoms. The fourth-order valence-electron chi connectivity index (χ4n) is 1.21. The highest BCUT2D eigenvalue weighted by Crippen LogP contribution is 2.13. The summed E-state index contributed by atoms with van der Waals surface area (Å²) in [5.41, 5.74) is -1.88. The monoisotopic (exact) mass is 247 g/mol. The van der Waals surface area contributed by atoms with E-state index in [1.165, 1.54) is 0 Å². The summed E-state index contributed by atoms with van der Waals surface area (Å²) >= 11 is 0. The minimum absolute atomic E-state index is 0.136. The fraction of sp³-hybridized carbons (Fsp3) is 0.818. The van der Waals surface area contributed by atoms with Crippen molar-refractivity contribution in [1.29, 1.82) is 0 Å². The lowest BCUT2D eigenvalue weighted by molar-refractivity contribution is -0.108. The third-order valence-corrected chi connectivity index (χ3v) is 2.11. The first-order chi connectivity index (χ1) is 7.78. The number of hydrogen-bond donors (Lipinski definition) is 3. The number of amides is 1. The predicted octanol–water partition coefficient (Wildman–Crippen LogP) is 0.214. The highest BCUT2D eigenvalue weighted by molar-refractivity contribution is 5.69. The molecule has 0 aliphatic rings. The molecule has 0 saturated heterocycles. The molecule has 3 N–H and O–H groups in total. The van der Waals surface area contributed by atoms with Gasteiger partial charge >= 0.3 is 6.09 Å². The van der Waals surface area contributed by atoms with Crippen LogP contribution in [0.1, 0.15) is 33.6 Å². The Morgan fingerprint density at radius 2 is 1.82 bits per heavy atom. The average Bonchev–Trinajstić information content (AvgIpc) is 2.21. The summed E-state index contributed by atoms with van der Waals surface area (Å²) in [6.07, 6.45) is 0.225. The van der Waals surface area contributed by atoms with Crippen molar-refractivity contribution in [2.45, 2.75) is 44.8 Å². The molecule has 1 amide bonds. The van der Waals surface area contributed by atoms with Gasteiger partial charge in [0.2, 0.25) is 0 Å². The quantitative estimate of drug-likeness (QED) is 0.583. The number of carbonyl (C=O) groups excluding carboxylic acids is 2. The Kier molecular flexibility index (Phi) is 6.12. The normalized spacial score (nSPS) is 12.1. The van der Waals surface area contributed by atoms with E-state index < -0.39 is 30.4 Å². The van der Waals surface area contributed by atoms with Crippen LogP contribution in [0, 0.1) is 0 Å². The topological polar surface area (TPSA) is 95.9 Å². The van der Waals surface area contributed by atoms with Crippen molar-refractivity contribution in [3.63, 3.8) is 0 Å². The second-order valence-corrected chi connectivity index (χ2v) is 4.93. The molecule has 0 aliphatic heterocycles. The first-order valence-corrected chi connectivity index (χ1v) is 5.45. The van der Waals surface area contributed by atoms with Crippen molar-refractivity contribution in [2.75, 3.05) is 13.2 Å². The molecule has 0 unspecified atom stereocenters. The Bertz CT molecular complexity index is 255. The van der Waals surface area contributed by atoms with E-state index in [9.17, 15) is 19.8 Å². The summed E-state index contributed by atoms with van der Waals surface area (Å²) in [6.45, 7) is 4.19. The maximum absolute atomic E-state index is 11.5. The maximum atomic E-state index is 11.5. The summed E-state index contributed by atoms with van der Waals surface area (Å²) in [4.78, 5) is 21.8. The first kappa shape index (κ1) is 15.9. The van der Waals surface area contributed by atoms with Gasteiger partial charge in [0.25, 0.3) is 0 Å². The van der Waals surface area contributed by atoms with Crippen LogP contribution in [0.5, 0.6) is 0 Å². The second kappa shape index (κ2) is 6.56. The molecule has 0 aromatic carbocycles. The van der Waals surface area contributed by atoms with E-state index in [-0.39, 0.29) is 12.8 Å². The van der Waals surface area contributed by atoms with E-state index in [4.69, 9.17) is 4.74 Å². The minimum atomic E-state index is -1.22. The van der Waals surface area contributed by atoms with Gasteiger partial charge in [-0.3, -0.25) is 0 Å². The molecule has 100 valence electrons. The van der Waals surface area contributed by atoms with E-state index in [0.717, 1.165) is 0 Å². The van der Waals surface area contributed by atoms with Gasteiger partial charge in [-0.1, -0.05) is 0 Å². The van der Waals surface area contributed by atoms with Crippen LogP contribution in [0.25, 0.3) is 0 Å². The third kappa shape index (κ3) is 6.23. The van der Waals surface area contributed by atoms with Crippen molar-refractivity contribution < 1.29 is 24.5 Å². The molecule has 0 spiro atoms. The summed E-state index contributed by atoms with van der Waals surface area (Å²) in [6, 6.07) is 0. The molecular formula is C11H21NO5. The number of rotatable bonds is 6. The van der Waals surface area contributed by atoms with Crippen LogP contribution >= 0.6 is 0 Å². The number of ether oxygens (including phenoxy) is 1. The van der Waals surface area contributed by atoms with Gasteiger partial charge in [0.1, 0.15) is 11.9 Å². The molecule has 0 bridgehead atoms. The van der Waals surface area contributed by atoms with Crippen LogP contribution in [0.3, 0.4) is 0 Å². The number of nitrogens with one attached hydrogen (secondary N) is 1. The number of alkyl carbamates (subject to hydrolysis) is 1. The SMILES string of the molecule is CC(C)(C)OC(=O)NC(CO)(CO)CCC=O. The number of carbonyl (C=O) groups is 2. The predicted molar refractivity (Wildman–Crippen MR) is 61.6 cm³/mol. The third-order valence-electron chi connectivity index (χ3n) is 2.11. The van der Waals surface area contributed by atoms with Crippen LogP contribution in [0.2, 0.25) is 0 Å². The van der Waals surface area contributed by atoms with Crippen molar-refractivity contribution in [1.82, 2.24) is 5.32 Å². The van der Waals surface area contributed by atoms with E-state index in [1.807, 2.05) is 0 Å². The van der Waals surface area contributed by atoms with Gasteiger partial charge in [-0.25, -0.2) is 4.79 Å². The Balaban J connectivity index is 4.52. The zero-order valence-electron chi connectivity index (χ0n) is 10.5. The van der Waals surface area contributed by atoms with Gasteiger partial charge in [-0.05, 0) is 27.2 Å². The first-order valence-electron chi connectivity index (χ1n) is 5.45. The Hall–Kier alpha value is -1.14. The minimum Gasteiger partial charge on any atom is -0.444 e. The number of aldehydes is 1. The lowest BCUT2D eigenvalue weighted by Crippen LogP contribution is -2.55. The zero-order chi connectivity index (χ0) is 13.5. The average molecular weight is 247 g/mol. The van der Waals surface area contributed by atoms with Gasteiger partial charge in [0, 0.05) is 6.42 Å². The number of hydrogen-bond acceptors (Lipinski definition) is 5. The summed E-state index contributed by atoms with van der Waals surface area (Å²) < 4.78 is 5.02. The number of aliphatic hydroxyl groups excluding tert-OH is 2. The molecule has 0 atom stereocenters. The largest absolute Gasteiger partial charge is 0.444 e. The molecule has 0 radical (unpaired) electrons. The van der Waals surface area contributed by atoms with Crippen molar-refractivity contribution in [3.8, 4) is 0 Å². The molecule has 0 aromatic heterocycles. The van der Waals surface area contributed by atoms with E-state index in [0.29, 0.717) is 6.29 Å². The number of aliphatic hydroxyl groups is 2. The van der Waals surface area contributed by atoms with Crippen molar-refractivity contribution in [3.05, 3.63) is 0 Å². The summed E-state index contributed by atoms with van der Waals surface area (Å²) in [5.74, 6) is 0. The van der Waals surface area contributed by atoms with Crippen LogP contribution in [-0.4, -0.2) is 46.9 Å². The van der Waals surface area contributed by atoms with Gasteiger partial charge in [0.05, 0.1) is 18.8 Å². The van der Waals surface area contributed by atoms with Crippen molar-refractivity contribution in [2.24, 2.45) is 0 Å².